The average Bonchev–Trinajstić information content (AvgIpc) is 2.46. The van der Waals surface area contributed by atoms with Crippen molar-refractivity contribution in [3.05, 3.63) is 58.6 Å². The quantitative estimate of drug-likeness (QED) is 0.742. The zero-order chi connectivity index (χ0) is 15.4. The van der Waals surface area contributed by atoms with Crippen LogP contribution in [0, 0.1) is 0 Å². The topological polar surface area (TPSA) is 81.1 Å². The first-order valence-corrected chi connectivity index (χ1v) is 7.04. The van der Waals surface area contributed by atoms with Crippen LogP contribution in [-0.4, -0.2) is 12.5 Å². The van der Waals surface area contributed by atoms with Gasteiger partial charge in [0.25, 0.3) is 5.91 Å². The second kappa shape index (κ2) is 6.50. The maximum absolute atomic E-state index is 11.5. The van der Waals surface area contributed by atoms with Crippen LogP contribution >= 0.6 is 11.6 Å². The van der Waals surface area contributed by atoms with E-state index < -0.39 is 5.91 Å². The minimum Gasteiger partial charge on any atom is -0.399 e. The molecule has 0 bridgehead atoms. The predicted molar refractivity (Wildman–Crippen MR) is 87.7 cm³/mol. The van der Waals surface area contributed by atoms with E-state index in [2.05, 4.69) is 24.4 Å². The van der Waals surface area contributed by atoms with Crippen molar-refractivity contribution in [2.24, 2.45) is 5.73 Å². The molecular weight excluding hydrogens is 286 g/mol. The fourth-order valence-electron chi connectivity index (χ4n) is 2.16. The number of hydrogen-bond acceptors (Lipinski definition) is 3. The maximum Gasteiger partial charge on any atom is 0.250 e. The van der Waals surface area contributed by atoms with Gasteiger partial charge in [0.1, 0.15) is 0 Å². The molecule has 0 heterocycles. The SMILES string of the molecule is CC(CNc1c(Cl)cc(N)cc1C(N)=O)c1ccccc1. The van der Waals surface area contributed by atoms with Gasteiger partial charge in [-0.3, -0.25) is 4.79 Å². The van der Waals surface area contributed by atoms with E-state index in [0.717, 1.165) is 0 Å². The normalized spacial score (nSPS) is 11.9. The van der Waals surface area contributed by atoms with Gasteiger partial charge in [0.05, 0.1) is 16.3 Å². The lowest BCUT2D eigenvalue weighted by Gasteiger charge is -2.17. The van der Waals surface area contributed by atoms with Crippen molar-refractivity contribution in [2.75, 3.05) is 17.6 Å². The highest BCUT2D eigenvalue weighted by atomic mass is 35.5. The Morgan fingerprint density at radius 3 is 2.57 bits per heavy atom. The van der Waals surface area contributed by atoms with E-state index in [9.17, 15) is 4.79 Å². The average molecular weight is 304 g/mol. The summed E-state index contributed by atoms with van der Waals surface area (Å²) in [7, 11) is 0. The third-order valence-electron chi connectivity index (χ3n) is 3.33. The molecule has 0 aromatic heterocycles. The molecular formula is C16H18ClN3O. The molecule has 1 unspecified atom stereocenters. The molecule has 1 amide bonds. The first-order chi connectivity index (χ1) is 9.99. The van der Waals surface area contributed by atoms with Crippen molar-refractivity contribution in [2.45, 2.75) is 12.8 Å². The number of carbonyl (C=O) groups is 1. The van der Waals surface area contributed by atoms with Crippen molar-refractivity contribution in [1.82, 2.24) is 0 Å². The largest absolute Gasteiger partial charge is 0.399 e. The number of carbonyl (C=O) groups excluding carboxylic acids is 1. The lowest BCUT2D eigenvalue weighted by atomic mass is 10.0. The van der Waals surface area contributed by atoms with E-state index in [1.54, 1.807) is 6.07 Å². The molecule has 2 rings (SSSR count). The molecule has 0 radical (unpaired) electrons. The van der Waals surface area contributed by atoms with Crippen LogP contribution in [-0.2, 0) is 0 Å². The predicted octanol–water partition coefficient (Wildman–Crippen LogP) is 3.24. The number of rotatable bonds is 5. The highest BCUT2D eigenvalue weighted by Gasteiger charge is 2.14. The molecule has 110 valence electrons. The van der Waals surface area contributed by atoms with Gasteiger partial charge in [-0.05, 0) is 23.6 Å². The Morgan fingerprint density at radius 1 is 1.29 bits per heavy atom. The van der Waals surface area contributed by atoms with E-state index in [1.165, 1.54) is 11.6 Å². The lowest BCUT2D eigenvalue weighted by Crippen LogP contribution is -2.17. The number of primary amides is 1. The van der Waals surface area contributed by atoms with E-state index in [0.29, 0.717) is 28.5 Å². The number of amides is 1. The zero-order valence-electron chi connectivity index (χ0n) is 11.8. The van der Waals surface area contributed by atoms with Crippen molar-refractivity contribution in [1.29, 1.82) is 0 Å². The Morgan fingerprint density at radius 2 is 1.95 bits per heavy atom. The summed E-state index contributed by atoms with van der Waals surface area (Å²) < 4.78 is 0. The Labute approximate surface area is 129 Å². The summed E-state index contributed by atoms with van der Waals surface area (Å²) in [5.41, 5.74) is 13.5. The fourth-order valence-corrected chi connectivity index (χ4v) is 2.45. The molecule has 1 atom stereocenters. The molecule has 2 aromatic carbocycles. The molecule has 0 fully saturated rings. The van der Waals surface area contributed by atoms with E-state index in [4.69, 9.17) is 23.1 Å². The van der Waals surface area contributed by atoms with Gasteiger partial charge in [-0.25, -0.2) is 0 Å². The van der Waals surface area contributed by atoms with Crippen LogP contribution in [0.1, 0.15) is 28.8 Å². The molecule has 5 N–H and O–H groups in total. The number of benzene rings is 2. The third kappa shape index (κ3) is 3.67. The van der Waals surface area contributed by atoms with Crippen LogP contribution < -0.4 is 16.8 Å². The minimum atomic E-state index is -0.556. The summed E-state index contributed by atoms with van der Waals surface area (Å²) in [6.45, 7) is 2.73. The van der Waals surface area contributed by atoms with Crippen LogP contribution in [0.15, 0.2) is 42.5 Å². The third-order valence-corrected chi connectivity index (χ3v) is 3.63. The van der Waals surface area contributed by atoms with Crippen LogP contribution in [0.4, 0.5) is 11.4 Å². The molecule has 0 spiro atoms. The van der Waals surface area contributed by atoms with Gasteiger partial charge in [-0.15, -0.1) is 0 Å². The van der Waals surface area contributed by atoms with E-state index in [-0.39, 0.29) is 5.92 Å². The van der Waals surface area contributed by atoms with Crippen molar-refractivity contribution in [3.63, 3.8) is 0 Å². The fraction of sp³-hybridized carbons (Fsp3) is 0.188. The standard InChI is InChI=1S/C16H18ClN3O/c1-10(11-5-3-2-4-6-11)9-20-15-13(16(19)21)7-12(18)8-14(15)17/h2-8,10,20H,9,18H2,1H3,(H2,19,21). The molecule has 0 saturated carbocycles. The van der Waals surface area contributed by atoms with Crippen LogP contribution in [0.5, 0.6) is 0 Å². The van der Waals surface area contributed by atoms with E-state index >= 15 is 0 Å². The highest BCUT2D eigenvalue weighted by molar-refractivity contribution is 6.34. The second-order valence-electron chi connectivity index (χ2n) is 4.98. The zero-order valence-corrected chi connectivity index (χ0v) is 12.5. The van der Waals surface area contributed by atoms with Gasteiger partial charge >= 0.3 is 0 Å². The molecule has 0 aliphatic rings. The Balaban J connectivity index is 2.18. The van der Waals surface area contributed by atoms with Crippen LogP contribution in [0.2, 0.25) is 5.02 Å². The molecule has 2 aromatic rings. The summed E-state index contributed by atoms with van der Waals surface area (Å²) in [5.74, 6) is -0.292. The molecule has 0 aliphatic carbocycles. The number of anilines is 2. The van der Waals surface area contributed by atoms with Crippen molar-refractivity contribution < 1.29 is 4.79 Å². The minimum absolute atomic E-state index is 0.264. The van der Waals surface area contributed by atoms with Gasteiger partial charge in [0.2, 0.25) is 0 Å². The summed E-state index contributed by atoms with van der Waals surface area (Å²) in [5, 5.41) is 3.59. The number of nitrogen functional groups attached to an aromatic ring is 1. The first kappa shape index (κ1) is 15.2. The molecule has 21 heavy (non-hydrogen) atoms. The summed E-state index contributed by atoms with van der Waals surface area (Å²) in [6.07, 6.45) is 0. The first-order valence-electron chi connectivity index (χ1n) is 6.66. The maximum atomic E-state index is 11.5. The Hall–Kier alpha value is -2.20. The summed E-state index contributed by atoms with van der Waals surface area (Å²) in [4.78, 5) is 11.5. The number of nitrogens with two attached hydrogens (primary N) is 2. The number of halogens is 1. The summed E-state index contributed by atoms with van der Waals surface area (Å²) in [6, 6.07) is 13.2. The van der Waals surface area contributed by atoms with Crippen LogP contribution in [0.25, 0.3) is 0 Å². The second-order valence-corrected chi connectivity index (χ2v) is 5.39. The molecule has 5 heteroatoms. The molecule has 4 nitrogen and oxygen atoms in total. The highest BCUT2D eigenvalue weighted by Crippen LogP contribution is 2.29. The smallest absolute Gasteiger partial charge is 0.250 e. The number of nitrogens with one attached hydrogen (secondary N) is 1. The van der Waals surface area contributed by atoms with Gasteiger partial charge < -0.3 is 16.8 Å². The van der Waals surface area contributed by atoms with Gasteiger partial charge in [-0.2, -0.15) is 0 Å². The molecule has 0 saturated heterocycles. The number of hydrogen-bond donors (Lipinski definition) is 3. The summed E-state index contributed by atoms with van der Waals surface area (Å²) >= 11 is 6.16. The monoisotopic (exact) mass is 303 g/mol. The van der Waals surface area contributed by atoms with Crippen molar-refractivity contribution in [3.8, 4) is 0 Å². The Bertz CT molecular complexity index is 643. The van der Waals surface area contributed by atoms with Crippen LogP contribution in [0.3, 0.4) is 0 Å². The molecule has 0 aliphatic heterocycles. The Kier molecular flexibility index (Phi) is 4.70. The van der Waals surface area contributed by atoms with E-state index in [1.807, 2.05) is 18.2 Å². The van der Waals surface area contributed by atoms with Gasteiger partial charge in [0, 0.05) is 12.2 Å². The van der Waals surface area contributed by atoms with Gasteiger partial charge in [0.15, 0.2) is 0 Å². The lowest BCUT2D eigenvalue weighted by molar-refractivity contribution is 0.100. The van der Waals surface area contributed by atoms with Crippen molar-refractivity contribution >= 4 is 28.9 Å². The van der Waals surface area contributed by atoms with Gasteiger partial charge in [-0.1, -0.05) is 48.9 Å².